The summed E-state index contributed by atoms with van der Waals surface area (Å²) in [6.07, 6.45) is -4.48. The summed E-state index contributed by atoms with van der Waals surface area (Å²) < 4.78 is 49.0. The molecule has 1 heterocycles. The lowest BCUT2D eigenvalue weighted by Gasteiger charge is -2.25. The number of nitrogens with one attached hydrogen (secondary N) is 2. The van der Waals surface area contributed by atoms with Crippen LogP contribution in [-0.4, -0.2) is 44.4 Å². The standard InChI is InChI=1S/C15H19F3N2O3.ClH/c1-10(20-14(21)12-9-22-7-6-19-12)8-23-13-5-3-2-4-11(13)15(16,17)18;/h2-5,10,12,19H,6-9H2,1H3,(H,20,21);1H. The van der Waals surface area contributed by atoms with Crippen LogP contribution in [0.4, 0.5) is 13.2 Å². The van der Waals surface area contributed by atoms with Gasteiger partial charge >= 0.3 is 6.18 Å². The van der Waals surface area contributed by atoms with E-state index in [4.69, 9.17) is 9.47 Å². The van der Waals surface area contributed by atoms with Crippen LogP contribution < -0.4 is 15.4 Å². The van der Waals surface area contributed by atoms with Crippen LogP contribution in [0.3, 0.4) is 0 Å². The van der Waals surface area contributed by atoms with Crippen LogP contribution in [-0.2, 0) is 15.7 Å². The van der Waals surface area contributed by atoms with Crippen LogP contribution in [0.1, 0.15) is 12.5 Å². The van der Waals surface area contributed by atoms with E-state index < -0.39 is 23.8 Å². The number of ether oxygens (including phenoxy) is 2. The molecule has 24 heavy (non-hydrogen) atoms. The normalized spacial score (nSPS) is 19.1. The summed E-state index contributed by atoms with van der Waals surface area (Å²) in [5.74, 6) is -0.509. The maximum Gasteiger partial charge on any atom is 0.419 e. The number of carbonyl (C=O) groups is 1. The van der Waals surface area contributed by atoms with Crippen molar-refractivity contribution in [2.75, 3.05) is 26.4 Å². The van der Waals surface area contributed by atoms with E-state index in [9.17, 15) is 18.0 Å². The Hall–Kier alpha value is -1.51. The summed E-state index contributed by atoms with van der Waals surface area (Å²) in [6, 6.07) is 4.10. The predicted octanol–water partition coefficient (Wildman–Crippen LogP) is 2.00. The molecule has 2 atom stereocenters. The highest BCUT2D eigenvalue weighted by Crippen LogP contribution is 2.35. The third-order valence-corrected chi connectivity index (χ3v) is 3.31. The van der Waals surface area contributed by atoms with Crippen molar-refractivity contribution in [1.82, 2.24) is 10.6 Å². The molecule has 1 aliphatic heterocycles. The molecule has 0 bridgehead atoms. The van der Waals surface area contributed by atoms with Crippen LogP contribution in [0.25, 0.3) is 0 Å². The fraction of sp³-hybridized carbons (Fsp3) is 0.533. The molecule has 0 radical (unpaired) electrons. The zero-order valence-corrected chi connectivity index (χ0v) is 13.9. The van der Waals surface area contributed by atoms with Crippen molar-refractivity contribution in [3.05, 3.63) is 29.8 Å². The van der Waals surface area contributed by atoms with Gasteiger partial charge in [-0.25, -0.2) is 0 Å². The summed E-state index contributed by atoms with van der Waals surface area (Å²) in [7, 11) is 0. The van der Waals surface area contributed by atoms with E-state index in [1.54, 1.807) is 6.92 Å². The molecule has 0 aliphatic carbocycles. The van der Waals surface area contributed by atoms with Gasteiger partial charge in [-0.1, -0.05) is 12.1 Å². The smallest absolute Gasteiger partial charge is 0.419 e. The average molecular weight is 369 g/mol. The summed E-state index contributed by atoms with van der Waals surface area (Å²) in [5.41, 5.74) is -0.833. The van der Waals surface area contributed by atoms with Crippen LogP contribution in [0.2, 0.25) is 0 Å². The van der Waals surface area contributed by atoms with Gasteiger partial charge in [-0.15, -0.1) is 12.4 Å². The molecule has 2 N–H and O–H groups in total. The molecule has 5 nitrogen and oxygen atoms in total. The third-order valence-electron chi connectivity index (χ3n) is 3.31. The first-order valence-corrected chi connectivity index (χ1v) is 7.28. The topological polar surface area (TPSA) is 59.6 Å². The number of para-hydroxylation sites is 1. The van der Waals surface area contributed by atoms with E-state index in [2.05, 4.69) is 10.6 Å². The fourth-order valence-electron chi connectivity index (χ4n) is 2.16. The van der Waals surface area contributed by atoms with Crippen LogP contribution >= 0.6 is 12.4 Å². The van der Waals surface area contributed by atoms with Gasteiger partial charge in [-0.2, -0.15) is 13.2 Å². The van der Waals surface area contributed by atoms with Crippen molar-refractivity contribution < 1.29 is 27.4 Å². The Morgan fingerprint density at radius 1 is 1.46 bits per heavy atom. The number of halogens is 4. The van der Waals surface area contributed by atoms with E-state index in [1.165, 1.54) is 18.2 Å². The molecular weight excluding hydrogens is 349 g/mol. The fourth-order valence-corrected chi connectivity index (χ4v) is 2.16. The second kappa shape index (κ2) is 9.10. The number of hydrogen-bond donors (Lipinski definition) is 2. The van der Waals surface area contributed by atoms with Crippen molar-refractivity contribution >= 4 is 18.3 Å². The minimum Gasteiger partial charge on any atom is -0.491 e. The molecule has 136 valence electrons. The molecule has 9 heteroatoms. The van der Waals surface area contributed by atoms with Gasteiger partial charge in [0.05, 0.1) is 24.8 Å². The molecule has 0 saturated carbocycles. The number of morpholine rings is 1. The highest BCUT2D eigenvalue weighted by atomic mass is 35.5. The SMILES string of the molecule is CC(COc1ccccc1C(F)(F)F)NC(=O)C1COCCN1.Cl. The second-order valence-electron chi connectivity index (χ2n) is 5.30. The van der Waals surface area contributed by atoms with Crippen LogP contribution in [0.15, 0.2) is 24.3 Å². The van der Waals surface area contributed by atoms with E-state index >= 15 is 0 Å². The zero-order chi connectivity index (χ0) is 16.9. The monoisotopic (exact) mass is 368 g/mol. The Bertz CT molecular complexity index is 537. The number of benzene rings is 1. The van der Waals surface area contributed by atoms with Crippen molar-refractivity contribution in [3.8, 4) is 5.75 Å². The maximum atomic E-state index is 12.9. The van der Waals surface area contributed by atoms with Gasteiger partial charge < -0.3 is 20.1 Å². The molecule has 1 saturated heterocycles. The summed E-state index contributed by atoms with van der Waals surface area (Å²) in [5, 5.41) is 5.69. The first-order valence-electron chi connectivity index (χ1n) is 7.28. The lowest BCUT2D eigenvalue weighted by Crippen LogP contribution is -2.53. The Labute approximate surface area is 144 Å². The number of hydrogen-bond acceptors (Lipinski definition) is 4. The van der Waals surface area contributed by atoms with Crippen molar-refractivity contribution in [3.63, 3.8) is 0 Å². The Morgan fingerprint density at radius 2 is 2.17 bits per heavy atom. The average Bonchev–Trinajstić information content (AvgIpc) is 2.53. The summed E-state index contributed by atoms with van der Waals surface area (Å²) in [4.78, 5) is 12.0. The van der Waals surface area contributed by atoms with E-state index in [0.717, 1.165) is 6.07 Å². The Morgan fingerprint density at radius 3 is 2.79 bits per heavy atom. The predicted molar refractivity (Wildman–Crippen MR) is 84.4 cm³/mol. The summed E-state index contributed by atoms with van der Waals surface area (Å²) >= 11 is 0. The number of rotatable bonds is 5. The third kappa shape index (κ3) is 5.85. The molecule has 2 rings (SSSR count). The van der Waals surface area contributed by atoms with E-state index in [0.29, 0.717) is 13.2 Å². The molecule has 0 spiro atoms. The highest BCUT2D eigenvalue weighted by molar-refractivity contribution is 5.85. The zero-order valence-electron chi connectivity index (χ0n) is 13.1. The van der Waals surface area contributed by atoms with Crippen LogP contribution in [0.5, 0.6) is 5.75 Å². The van der Waals surface area contributed by atoms with Gasteiger partial charge in [-0.3, -0.25) is 4.79 Å². The Balaban J connectivity index is 0.00000288. The molecule has 1 amide bonds. The quantitative estimate of drug-likeness (QED) is 0.834. The van der Waals surface area contributed by atoms with Gasteiger partial charge in [-0.05, 0) is 19.1 Å². The van der Waals surface area contributed by atoms with Gasteiger partial charge in [0.2, 0.25) is 5.91 Å². The first kappa shape index (κ1) is 20.5. The van der Waals surface area contributed by atoms with Gasteiger partial charge in [0.15, 0.2) is 0 Å². The van der Waals surface area contributed by atoms with Gasteiger partial charge in [0.25, 0.3) is 0 Å². The molecule has 1 fully saturated rings. The summed E-state index contributed by atoms with van der Waals surface area (Å²) in [6.45, 7) is 3.01. The number of alkyl halides is 3. The highest BCUT2D eigenvalue weighted by Gasteiger charge is 2.34. The lowest BCUT2D eigenvalue weighted by molar-refractivity contribution is -0.139. The number of amides is 1. The van der Waals surface area contributed by atoms with Crippen molar-refractivity contribution in [2.45, 2.75) is 25.2 Å². The second-order valence-corrected chi connectivity index (χ2v) is 5.30. The van der Waals surface area contributed by atoms with Gasteiger partial charge in [0.1, 0.15) is 18.4 Å². The molecular formula is C15H20ClF3N2O3. The minimum absolute atomic E-state index is 0. The van der Waals surface area contributed by atoms with Crippen molar-refractivity contribution in [2.24, 2.45) is 0 Å². The van der Waals surface area contributed by atoms with Crippen molar-refractivity contribution in [1.29, 1.82) is 0 Å². The van der Waals surface area contributed by atoms with Crippen LogP contribution in [0, 0.1) is 0 Å². The van der Waals surface area contributed by atoms with Gasteiger partial charge in [0, 0.05) is 6.54 Å². The lowest BCUT2D eigenvalue weighted by atomic mass is 10.2. The minimum atomic E-state index is -4.48. The Kier molecular flexibility index (Phi) is 7.78. The number of carbonyl (C=O) groups excluding carboxylic acids is 1. The molecule has 1 aliphatic rings. The first-order chi connectivity index (χ1) is 10.9. The maximum absolute atomic E-state index is 12.9. The molecule has 1 aromatic carbocycles. The largest absolute Gasteiger partial charge is 0.491 e. The van der Waals surface area contributed by atoms with E-state index in [-0.39, 0.29) is 37.3 Å². The molecule has 1 aromatic rings. The molecule has 0 aromatic heterocycles. The molecule has 2 unspecified atom stereocenters. The van der Waals surface area contributed by atoms with E-state index in [1.807, 2.05) is 0 Å².